The van der Waals surface area contributed by atoms with Crippen molar-refractivity contribution < 1.29 is 9.59 Å². The summed E-state index contributed by atoms with van der Waals surface area (Å²) in [6.07, 6.45) is 12.0. The van der Waals surface area contributed by atoms with Gasteiger partial charge in [-0.25, -0.2) is 9.79 Å². The minimum Gasteiger partial charge on any atom is -0.369 e. The molecule has 164 valence electrons. The molecule has 2 fully saturated rings. The molecule has 0 aromatic rings. The predicted octanol–water partition coefficient (Wildman–Crippen LogP) is 3.09. The molecule has 1 saturated carbocycles. The van der Waals surface area contributed by atoms with Crippen molar-refractivity contribution in [1.29, 1.82) is 0 Å². The van der Waals surface area contributed by atoms with Crippen LogP contribution < -0.4 is 11.1 Å². The maximum absolute atomic E-state index is 13.2. The smallest absolute Gasteiger partial charge is 0.317 e. The number of likely N-dealkylation sites (N-methyl/N-ethyl adjacent to an activating group) is 1. The number of carbonyl (C=O) groups is 2. The molecule has 0 unspecified atom stereocenters. The average Bonchev–Trinajstić information content (AvgIpc) is 2.95. The number of aliphatic imine (C=N–C) groups is 1. The van der Waals surface area contributed by atoms with Crippen LogP contribution in [0.5, 0.6) is 0 Å². The maximum Gasteiger partial charge on any atom is 0.317 e. The monoisotopic (exact) mass is 405 g/mol. The van der Waals surface area contributed by atoms with Crippen molar-refractivity contribution in [3.05, 3.63) is 0 Å². The number of hydrogen-bond donors (Lipinski definition) is 2. The third-order valence-electron chi connectivity index (χ3n) is 7.02. The molecule has 0 aromatic carbocycles. The zero-order valence-corrected chi connectivity index (χ0v) is 18.3. The molecule has 7 heteroatoms. The summed E-state index contributed by atoms with van der Waals surface area (Å²) in [5.74, 6) is 1.37. The van der Waals surface area contributed by atoms with Gasteiger partial charge in [0, 0.05) is 26.7 Å². The lowest BCUT2D eigenvalue weighted by Crippen LogP contribution is -2.49. The van der Waals surface area contributed by atoms with Crippen LogP contribution in [0.3, 0.4) is 0 Å². The van der Waals surface area contributed by atoms with E-state index in [2.05, 4.69) is 12.2 Å². The van der Waals surface area contributed by atoms with E-state index in [0.29, 0.717) is 31.4 Å². The van der Waals surface area contributed by atoms with Crippen LogP contribution in [-0.4, -0.2) is 59.9 Å². The number of rotatable bonds is 7. The van der Waals surface area contributed by atoms with Gasteiger partial charge in [0.2, 0.25) is 0 Å². The van der Waals surface area contributed by atoms with E-state index in [4.69, 9.17) is 10.7 Å². The van der Waals surface area contributed by atoms with Crippen LogP contribution in [0, 0.1) is 11.8 Å². The molecule has 0 spiro atoms. The molecule has 0 aromatic heterocycles. The molecule has 0 bridgehead atoms. The van der Waals surface area contributed by atoms with Crippen molar-refractivity contribution in [2.75, 3.05) is 26.7 Å². The number of hydrogen-bond acceptors (Lipinski definition) is 4. The molecule has 2 aliphatic heterocycles. The predicted molar refractivity (Wildman–Crippen MR) is 116 cm³/mol. The highest BCUT2D eigenvalue weighted by atomic mass is 16.2. The Balaban J connectivity index is 1.66. The van der Waals surface area contributed by atoms with Crippen LogP contribution in [-0.2, 0) is 4.79 Å². The number of nitrogens with one attached hydrogen (secondary N) is 1. The van der Waals surface area contributed by atoms with E-state index in [0.717, 1.165) is 38.6 Å². The van der Waals surface area contributed by atoms with Gasteiger partial charge in [0.15, 0.2) is 5.96 Å². The fraction of sp³-hybridized carbons (Fsp3) is 0.864. The van der Waals surface area contributed by atoms with Crippen molar-refractivity contribution in [1.82, 2.24) is 15.1 Å². The molecular formula is C22H39N5O2. The Bertz CT molecular complexity index is 616. The normalized spacial score (nSPS) is 28.6. The van der Waals surface area contributed by atoms with Gasteiger partial charge in [0.1, 0.15) is 5.54 Å². The zero-order valence-electron chi connectivity index (χ0n) is 18.3. The molecule has 3 rings (SSSR count). The van der Waals surface area contributed by atoms with E-state index >= 15 is 0 Å². The quantitative estimate of drug-likeness (QED) is 0.682. The van der Waals surface area contributed by atoms with Gasteiger partial charge in [-0.3, -0.25) is 9.69 Å². The highest BCUT2D eigenvalue weighted by Crippen LogP contribution is 2.38. The number of urea groups is 1. The molecule has 3 N–H and O–H groups in total. The zero-order chi connectivity index (χ0) is 20.9. The van der Waals surface area contributed by atoms with Crippen molar-refractivity contribution in [3.63, 3.8) is 0 Å². The third-order valence-corrected chi connectivity index (χ3v) is 7.02. The first kappa shape index (κ1) is 21.9. The van der Waals surface area contributed by atoms with E-state index in [1.165, 1.54) is 37.0 Å². The number of nitrogens with two attached hydrogens (primary N) is 1. The number of carbonyl (C=O) groups excluding carboxylic acids is 2. The van der Waals surface area contributed by atoms with Crippen LogP contribution in [0.4, 0.5) is 4.79 Å². The lowest BCUT2D eigenvalue weighted by Gasteiger charge is -2.37. The third kappa shape index (κ3) is 5.23. The van der Waals surface area contributed by atoms with Gasteiger partial charge in [-0.05, 0) is 50.4 Å². The Kier molecular flexibility index (Phi) is 7.41. The van der Waals surface area contributed by atoms with Gasteiger partial charge < -0.3 is 16.0 Å². The molecule has 2 atom stereocenters. The SMILES string of the molecule is CCCNC(=O)N1CCC[C@H](C[C@@]2(CCC3CCCCC3)N=C(N)N(C)C2=O)C1. The fourth-order valence-corrected chi connectivity index (χ4v) is 5.31. The molecule has 7 nitrogen and oxygen atoms in total. The molecule has 3 aliphatic rings. The molecule has 2 heterocycles. The van der Waals surface area contributed by atoms with E-state index in [9.17, 15) is 9.59 Å². The van der Waals surface area contributed by atoms with E-state index in [1.807, 2.05) is 4.90 Å². The largest absolute Gasteiger partial charge is 0.369 e. The Morgan fingerprint density at radius 1 is 1.21 bits per heavy atom. The van der Waals surface area contributed by atoms with Crippen molar-refractivity contribution in [2.24, 2.45) is 22.6 Å². The lowest BCUT2D eigenvalue weighted by atomic mass is 9.77. The van der Waals surface area contributed by atoms with Crippen LogP contribution in [0.25, 0.3) is 0 Å². The maximum atomic E-state index is 13.2. The van der Waals surface area contributed by atoms with Crippen LogP contribution in [0.2, 0.25) is 0 Å². The topological polar surface area (TPSA) is 91.0 Å². The van der Waals surface area contributed by atoms with Gasteiger partial charge in [-0.15, -0.1) is 0 Å². The first-order valence-corrected chi connectivity index (χ1v) is 11.6. The minimum atomic E-state index is -0.732. The summed E-state index contributed by atoms with van der Waals surface area (Å²) >= 11 is 0. The molecule has 1 aliphatic carbocycles. The van der Waals surface area contributed by atoms with Crippen LogP contribution in [0.15, 0.2) is 4.99 Å². The van der Waals surface area contributed by atoms with Gasteiger partial charge in [0.05, 0.1) is 0 Å². The highest BCUT2D eigenvalue weighted by Gasteiger charge is 2.48. The van der Waals surface area contributed by atoms with Crippen LogP contribution in [0.1, 0.15) is 77.6 Å². The molecule has 1 saturated heterocycles. The first-order valence-electron chi connectivity index (χ1n) is 11.6. The second-order valence-corrected chi connectivity index (χ2v) is 9.30. The summed E-state index contributed by atoms with van der Waals surface area (Å²) in [6, 6.07) is 0.0192. The minimum absolute atomic E-state index is 0.0192. The Hall–Kier alpha value is -1.79. The Morgan fingerprint density at radius 2 is 1.93 bits per heavy atom. The van der Waals surface area contributed by atoms with Crippen molar-refractivity contribution in [2.45, 2.75) is 83.1 Å². The van der Waals surface area contributed by atoms with Gasteiger partial charge >= 0.3 is 6.03 Å². The number of guanidine groups is 1. The standard InChI is InChI=1S/C22H39N5O2/c1-3-13-24-21(29)27-14-7-10-18(16-27)15-22(19(28)26(2)20(23)25-22)12-11-17-8-5-4-6-9-17/h17-18H,3-16H2,1-2H3,(H2,23,25)(H,24,29)/t18-,22-/m1/s1. The van der Waals surface area contributed by atoms with Gasteiger partial charge in [-0.2, -0.15) is 0 Å². The summed E-state index contributed by atoms with van der Waals surface area (Å²) in [7, 11) is 1.73. The molecule has 3 amide bonds. The molecular weight excluding hydrogens is 366 g/mol. The van der Waals surface area contributed by atoms with Crippen molar-refractivity contribution >= 4 is 17.9 Å². The average molecular weight is 406 g/mol. The summed E-state index contributed by atoms with van der Waals surface area (Å²) < 4.78 is 0. The lowest BCUT2D eigenvalue weighted by molar-refractivity contribution is -0.131. The van der Waals surface area contributed by atoms with Crippen LogP contribution >= 0.6 is 0 Å². The van der Waals surface area contributed by atoms with Crippen molar-refractivity contribution in [3.8, 4) is 0 Å². The molecule has 29 heavy (non-hydrogen) atoms. The number of likely N-dealkylation sites (tertiary alicyclic amines) is 1. The number of piperidine rings is 1. The van der Waals surface area contributed by atoms with E-state index in [-0.39, 0.29) is 17.9 Å². The second kappa shape index (κ2) is 9.81. The van der Waals surface area contributed by atoms with E-state index in [1.54, 1.807) is 7.05 Å². The summed E-state index contributed by atoms with van der Waals surface area (Å²) in [5.41, 5.74) is 5.34. The Morgan fingerprint density at radius 3 is 2.59 bits per heavy atom. The second-order valence-electron chi connectivity index (χ2n) is 9.30. The van der Waals surface area contributed by atoms with E-state index < -0.39 is 5.54 Å². The Labute approximate surface area is 175 Å². The summed E-state index contributed by atoms with van der Waals surface area (Å²) in [5, 5.41) is 2.98. The van der Waals surface area contributed by atoms with Gasteiger partial charge in [0.25, 0.3) is 5.91 Å². The fourth-order valence-electron chi connectivity index (χ4n) is 5.31. The summed E-state index contributed by atoms with van der Waals surface area (Å²) in [4.78, 5) is 33.8. The number of amides is 3. The first-order chi connectivity index (χ1) is 13.9. The highest BCUT2D eigenvalue weighted by molar-refractivity contribution is 6.06. The molecule has 0 radical (unpaired) electrons. The number of nitrogens with zero attached hydrogens (tertiary/aromatic N) is 3. The van der Waals surface area contributed by atoms with Gasteiger partial charge in [-0.1, -0.05) is 39.0 Å². The summed E-state index contributed by atoms with van der Waals surface area (Å²) in [6.45, 7) is 4.25.